The van der Waals surface area contributed by atoms with Crippen LogP contribution in [0.15, 0.2) is 0 Å². The molecule has 0 aromatic heterocycles. The maximum absolute atomic E-state index is 9.79. The Bertz CT molecular complexity index is 141. The number of rotatable bonds is 2. The van der Waals surface area contributed by atoms with Crippen molar-refractivity contribution in [2.75, 3.05) is 5.75 Å². The summed E-state index contributed by atoms with van der Waals surface area (Å²) in [5.41, 5.74) is 0. The second kappa shape index (κ2) is 7.81. The first-order valence-corrected chi connectivity index (χ1v) is 10.3. The van der Waals surface area contributed by atoms with Crippen molar-refractivity contribution >= 4 is 31.3 Å². The zero-order valence-electron chi connectivity index (χ0n) is 6.59. The molecule has 0 aromatic rings. The van der Waals surface area contributed by atoms with Gasteiger partial charge in [0.25, 0.3) is 10.1 Å². The van der Waals surface area contributed by atoms with Crippen molar-refractivity contribution in [1.82, 2.24) is 0 Å². The van der Waals surface area contributed by atoms with E-state index in [0.717, 1.165) is 0 Å². The zero-order chi connectivity index (χ0) is 8.62. The predicted octanol–water partition coefficient (Wildman–Crippen LogP) is 1.07. The molecule has 1 N–H and O–H groups in total. The Morgan fingerprint density at radius 3 is 1.70 bits per heavy atom. The first kappa shape index (κ1) is 13.3. The van der Waals surface area contributed by atoms with Gasteiger partial charge in [0.15, 0.2) is 0 Å². The molecule has 5 heteroatoms. The van der Waals surface area contributed by atoms with Crippen LogP contribution in [-0.4, -0.2) is 39.9 Å². The molecule has 62 valence electrons. The molecule has 10 heavy (non-hydrogen) atoms. The summed E-state index contributed by atoms with van der Waals surface area (Å²) in [6.45, 7) is 1.69. The van der Waals surface area contributed by atoms with E-state index in [1.165, 1.54) is 0 Å². The molecule has 0 fully saturated rings. The third-order valence-electron chi connectivity index (χ3n) is 0.462. The van der Waals surface area contributed by atoms with Crippen LogP contribution in [0.25, 0.3) is 0 Å². The monoisotopic (exact) mass is 274 g/mol. The van der Waals surface area contributed by atoms with E-state index in [1.807, 2.05) is 0 Å². The van der Waals surface area contributed by atoms with Gasteiger partial charge in [0.1, 0.15) is 0 Å². The van der Waals surface area contributed by atoms with Crippen LogP contribution in [0.3, 0.4) is 0 Å². The Balaban J connectivity index is 0. The molecule has 0 bridgehead atoms. The minimum atomic E-state index is -3.67. The minimum absolute atomic E-state index is 0.132. The topological polar surface area (TPSA) is 54.4 Å². The summed E-state index contributed by atoms with van der Waals surface area (Å²) < 4.78 is 27.6. The standard InChI is InChI=1S/C3H8O3S.2CH3.Sn/c1-2-3-7(4,5)6;;;/h2-3H2,1H3,(H,4,5,6);2*1H3;. The molecule has 0 heterocycles. The predicted molar refractivity (Wildman–Crippen MR) is 44.2 cm³/mol. The van der Waals surface area contributed by atoms with Crippen LogP contribution in [-0.2, 0) is 10.1 Å². The second-order valence-electron chi connectivity index (χ2n) is 1.79. The van der Waals surface area contributed by atoms with Gasteiger partial charge in [-0.3, -0.25) is 4.55 Å². The molecule has 0 unspecified atom stereocenters. The Morgan fingerprint density at radius 1 is 1.40 bits per heavy atom. The molecule has 3 nitrogen and oxygen atoms in total. The average molecular weight is 273 g/mol. The van der Waals surface area contributed by atoms with Crippen molar-refractivity contribution < 1.29 is 13.0 Å². The summed E-state index contributed by atoms with van der Waals surface area (Å²) in [7, 11) is -3.67. The van der Waals surface area contributed by atoms with Crippen LogP contribution in [0.1, 0.15) is 13.3 Å². The Labute approximate surface area is 73.2 Å². The van der Waals surface area contributed by atoms with E-state index in [-0.39, 0.29) is 26.9 Å². The molecular formula is C5H14O3SSn. The zero-order valence-corrected chi connectivity index (χ0v) is 10.3. The summed E-state index contributed by atoms with van der Waals surface area (Å²) in [6, 6.07) is 0. The quantitative estimate of drug-likeness (QED) is 0.604. The normalized spacial score (nSPS) is 10.0. The van der Waals surface area contributed by atoms with Gasteiger partial charge in [0, 0.05) is 0 Å². The summed E-state index contributed by atoms with van der Waals surface area (Å²) >= 11 is 0.230. The number of hydrogen-bond acceptors (Lipinski definition) is 2. The summed E-state index contributed by atoms with van der Waals surface area (Å²) in [4.78, 5) is 4.59. The molecule has 0 saturated carbocycles. The molecule has 0 atom stereocenters. The van der Waals surface area contributed by atoms with Gasteiger partial charge in [-0.2, -0.15) is 8.42 Å². The van der Waals surface area contributed by atoms with Crippen molar-refractivity contribution in [3.8, 4) is 0 Å². The van der Waals surface area contributed by atoms with Crippen LogP contribution >= 0.6 is 0 Å². The Hall–Kier alpha value is 0.709. The molecule has 0 aliphatic rings. The van der Waals surface area contributed by atoms with Gasteiger partial charge in [-0.05, 0) is 6.42 Å². The van der Waals surface area contributed by atoms with Gasteiger partial charge in [-0.15, -0.1) is 0 Å². The van der Waals surface area contributed by atoms with Crippen molar-refractivity contribution in [1.29, 1.82) is 0 Å². The van der Waals surface area contributed by atoms with Crippen LogP contribution < -0.4 is 0 Å². The molecule has 2 radical (unpaired) electrons. The van der Waals surface area contributed by atoms with Crippen LogP contribution in [0.2, 0.25) is 9.88 Å². The summed E-state index contributed by atoms with van der Waals surface area (Å²) in [5, 5.41) is 0. The molecule has 0 aromatic carbocycles. The third kappa shape index (κ3) is 23.3. The first-order valence-electron chi connectivity index (χ1n) is 3.01. The van der Waals surface area contributed by atoms with E-state index >= 15 is 0 Å². The van der Waals surface area contributed by atoms with Crippen LogP contribution in [0.5, 0.6) is 0 Å². The van der Waals surface area contributed by atoms with Crippen LogP contribution in [0.4, 0.5) is 0 Å². The fourth-order valence-electron chi connectivity index (χ4n) is 0.258. The maximum atomic E-state index is 9.79. The van der Waals surface area contributed by atoms with E-state index in [2.05, 4.69) is 9.88 Å². The molecule has 0 rings (SSSR count). The first-order chi connectivity index (χ1) is 4.47. The van der Waals surface area contributed by atoms with E-state index < -0.39 is 10.1 Å². The Kier molecular flexibility index (Phi) is 10.4. The van der Waals surface area contributed by atoms with E-state index in [9.17, 15) is 8.42 Å². The molecule has 0 aliphatic carbocycles. The fraction of sp³-hybridized carbons (Fsp3) is 1.00. The number of hydrogen-bond donors (Lipinski definition) is 1. The second-order valence-corrected chi connectivity index (χ2v) is 6.21. The molecule has 0 spiro atoms. The van der Waals surface area contributed by atoms with Crippen molar-refractivity contribution in [2.24, 2.45) is 0 Å². The van der Waals surface area contributed by atoms with E-state index in [1.54, 1.807) is 6.92 Å². The average Bonchev–Trinajstić information content (AvgIpc) is 1.63. The summed E-state index contributed by atoms with van der Waals surface area (Å²) in [6.07, 6.45) is 0.471. The van der Waals surface area contributed by atoms with E-state index in [0.29, 0.717) is 6.42 Å². The van der Waals surface area contributed by atoms with Gasteiger partial charge < -0.3 is 0 Å². The third-order valence-corrected chi connectivity index (χ3v) is 1.39. The SMILES string of the molecule is CCCS(=O)(=O)O.[CH3][Sn][CH3]. The van der Waals surface area contributed by atoms with Gasteiger partial charge in [-0.1, -0.05) is 6.92 Å². The van der Waals surface area contributed by atoms with Crippen molar-refractivity contribution in [2.45, 2.75) is 23.2 Å². The van der Waals surface area contributed by atoms with Crippen molar-refractivity contribution in [3.05, 3.63) is 0 Å². The van der Waals surface area contributed by atoms with Crippen molar-refractivity contribution in [3.63, 3.8) is 0 Å². The Morgan fingerprint density at radius 2 is 1.70 bits per heavy atom. The van der Waals surface area contributed by atoms with Gasteiger partial charge >= 0.3 is 31.0 Å². The van der Waals surface area contributed by atoms with Gasteiger partial charge in [-0.25, -0.2) is 0 Å². The molecule has 0 aliphatic heterocycles. The summed E-state index contributed by atoms with van der Waals surface area (Å²) in [5.74, 6) is -0.132. The molecular weight excluding hydrogens is 259 g/mol. The molecule has 0 saturated heterocycles. The molecule has 0 amide bonds. The fourth-order valence-corrected chi connectivity index (χ4v) is 0.774. The van der Waals surface area contributed by atoms with Gasteiger partial charge in [0.2, 0.25) is 0 Å². The van der Waals surface area contributed by atoms with Crippen LogP contribution in [0, 0.1) is 0 Å². The van der Waals surface area contributed by atoms with Gasteiger partial charge in [0.05, 0.1) is 5.75 Å². The van der Waals surface area contributed by atoms with E-state index in [4.69, 9.17) is 4.55 Å².